The molecule has 0 aromatic carbocycles. The molecule has 0 aliphatic heterocycles. The maximum Gasteiger partial charge on any atom is 0.305 e. The van der Waals surface area contributed by atoms with Gasteiger partial charge in [-0.05, 0) is 34.1 Å². The van der Waals surface area contributed by atoms with Gasteiger partial charge in [0.2, 0.25) is 0 Å². The Labute approximate surface area is 159 Å². The molecule has 0 atom stereocenters. The van der Waals surface area contributed by atoms with Crippen LogP contribution in [0.15, 0.2) is 4.99 Å². The van der Waals surface area contributed by atoms with Crippen molar-refractivity contribution in [1.82, 2.24) is 15.6 Å². The van der Waals surface area contributed by atoms with E-state index in [4.69, 9.17) is 4.74 Å². The summed E-state index contributed by atoms with van der Waals surface area (Å²) in [7, 11) is 0. The lowest BCUT2D eigenvalue weighted by molar-refractivity contribution is -0.143. The van der Waals surface area contributed by atoms with E-state index in [1.165, 1.54) is 4.88 Å². The fourth-order valence-electron chi connectivity index (χ4n) is 1.77. The fraction of sp³-hybridized carbons (Fsp3) is 0.667. The van der Waals surface area contributed by atoms with E-state index in [1.807, 2.05) is 20.8 Å². The molecule has 8 heteroatoms. The van der Waals surface area contributed by atoms with Crippen molar-refractivity contribution in [2.24, 2.45) is 4.99 Å². The number of halogens is 1. The monoisotopic (exact) mass is 454 g/mol. The van der Waals surface area contributed by atoms with Crippen molar-refractivity contribution < 1.29 is 9.53 Å². The van der Waals surface area contributed by atoms with Crippen LogP contribution in [0.2, 0.25) is 0 Å². The Morgan fingerprint density at radius 2 is 2.04 bits per heavy atom. The minimum absolute atomic E-state index is 0. The highest BCUT2D eigenvalue weighted by Gasteiger charge is 2.04. The number of hydrogen-bond acceptors (Lipinski definition) is 5. The zero-order chi connectivity index (χ0) is 16.4. The number of nitrogens with zero attached hydrogens (tertiary/aromatic N) is 2. The second-order valence-corrected chi connectivity index (χ2v) is 6.07. The van der Waals surface area contributed by atoms with E-state index in [0.717, 1.165) is 29.6 Å². The average molecular weight is 454 g/mol. The van der Waals surface area contributed by atoms with Crippen LogP contribution in [0.25, 0.3) is 0 Å². The molecular weight excluding hydrogens is 427 g/mol. The number of rotatable bonds is 8. The highest BCUT2D eigenvalue weighted by molar-refractivity contribution is 14.0. The maximum atomic E-state index is 11.3. The highest BCUT2D eigenvalue weighted by atomic mass is 127. The summed E-state index contributed by atoms with van der Waals surface area (Å²) < 4.78 is 4.90. The van der Waals surface area contributed by atoms with Crippen LogP contribution in [-0.4, -0.2) is 36.6 Å². The van der Waals surface area contributed by atoms with Gasteiger partial charge >= 0.3 is 5.97 Å². The van der Waals surface area contributed by atoms with Crippen LogP contribution >= 0.6 is 35.3 Å². The van der Waals surface area contributed by atoms with Gasteiger partial charge in [-0.25, -0.2) is 9.98 Å². The molecule has 0 saturated heterocycles. The summed E-state index contributed by atoms with van der Waals surface area (Å²) >= 11 is 1.68. The minimum atomic E-state index is -0.153. The second-order valence-electron chi connectivity index (χ2n) is 4.78. The summed E-state index contributed by atoms with van der Waals surface area (Å²) in [5, 5.41) is 7.42. The van der Waals surface area contributed by atoms with Gasteiger partial charge in [-0.1, -0.05) is 0 Å². The van der Waals surface area contributed by atoms with Crippen molar-refractivity contribution in [3.63, 3.8) is 0 Å². The fourth-order valence-corrected chi connectivity index (χ4v) is 2.63. The normalized spacial score (nSPS) is 10.9. The molecule has 0 aliphatic carbocycles. The number of carbonyl (C=O) groups excluding carboxylic acids is 1. The lowest BCUT2D eigenvalue weighted by Gasteiger charge is -2.10. The molecule has 0 fully saturated rings. The first-order valence-corrected chi connectivity index (χ1v) is 8.49. The minimum Gasteiger partial charge on any atom is -0.466 e. The first-order valence-electron chi connectivity index (χ1n) is 7.67. The van der Waals surface area contributed by atoms with E-state index in [9.17, 15) is 4.79 Å². The Morgan fingerprint density at radius 1 is 1.30 bits per heavy atom. The molecule has 0 aliphatic rings. The summed E-state index contributed by atoms with van der Waals surface area (Å²) in [6.45, 7) is 10.4. The third-order valence-electron chi connectivity index (χ3n) is 2.94. The first kappa shape index (κ1) is 22.1. The van der Waals surface area contributed by atoms with Gasteiger partial charge in [-0.2, -0.15) is 0 Å². The molecular formula is C15H27IN4O2S. The molecule has 23 heavy (non-hydrogen) atoms. The van der Waals surface area contributed by atoms with Gasteiger partial charge < -0.3 is 15.4 Å². The van der Waals surface area contributed by atoms with E-state index in [-0.39, 0.29) is 29.9 Å². The lowest BCUT2D eigenvalue weighted by atomic mass is 10.3. The number of aromatic nitrogens is 1. The van der Waals surface area contributed by atoms with Gasteiger partial charge in [0.25, 0.3) is 0 Å². The van der Waals surface area contributed by atoms with Crippen molar-refractivity contribution in [2.45, 2.75) is 47.1 Å². The quantitative estimate of drug-likeness (QED) is 0.208. The summed E-state index contributed by atoms with van der Waals surface area (Å²) in [4.78, 5) is 21.5. The van der Waals surface area contributed by atoms with E-state index in [0.29, 0.717) is 26.1 Å². The van der Waals surface area contributed by atoms with Crippen molar-refractivity contribution >= 4 is 47.2 Å². The molecule has 0 saturated carbocycles. The number of esters is 1. The number of carbonyl (C=O) groups is 1. The van der Waals surface area contributed by atoms with E-state index >= 15 is 0 Å². The maximum absolute atomic E-state index is 11.3. The lowest BCUT2D eigenvalue weighted by Crippen LogP contribution is -2.37. The number of aliphatic imine (C=N–C) groups is 1. The smallest absolute Gasteiger partial charge is 0.305 e. The van der Waals surface area contributed by atoms with E-state index in [2.05, 4.69) is 27.5 Å². The van der Waals surface area contributed by atoms with Crippen LogP contribution in [0, 0.1) is 13.8 Å². The predicted octanol–water partition coefficient (Wildman–Crippen LogP) is 2.78. The Bertz CT molecular complexity index is 486. The van der Waals surface area contributed by atoms with Gasteiger partial charge in [-0.15, -0.1) is 35.3 Å². The van der Waals surface area contributed by atoms with Crippen molar-refractivity contribution in [1.29, 1.82) is 0 Å². The van der Waals surface area contributed by atoms with Crippen molar-refractivity contribution in [3.05, 3.63) is 15.6 Å². The molecule has 0 radical (unpaired) electrons. The number of guanidine groups is 1. The van der Waals surface area contributed by atoms with Crippen molar-refractivity contribution in [3.8, 4) is 0 Å². The Balaban J connectivity index is 0.00000484. The first-order chi connectivity index (χ1) is 10.6. The third-order valence-corrected chi connectivity index (χ3v) is 4.00. The van der Waals surface area contributed by atoms with Gasteiger partial charge in [0.1, 0.15) is 5.01 Å². The Kier molecular flexibility index (Phi) is 12.0. The van der Waals surface area contributed by atoms with Crippen LogP contribution < -0.4 is 10.6 Å². The second kappa shape index (κ2) is 12.5. The van der Waals surface area contributed by atoms with E-state index in [1.54, 1.807) is 11.3 Å². The predicted molar refractivity (Wildman–Crippen MR) is 106 cm³/mol. The molecule has 2 N–H and O–H groups in total. The molecule has 1 rings (SSSR count). The van der Waals surface area contributed by atoms with Crippen LogP contribution in [-0.2, 0) is 16.1 Å². The van der Waals surface area contributed by atoms with Gasteiger partial charge in [0, 0.05) is 24.4 Å². The molecule has 6 nitrogen and oxygen atoms in total. The zero-order valence-electron chi connectivity index (χ0n) is 14.3. The number of hydrogen-bond donors (Lipinski definition) is 2. The average Bonchev–Trinajstić information content (AvgIpc) is 2.80. The number of ether oxygens (including phenoxy) is 1. The molecule has 0 spiro atoms. The third kappa shape index (κ3) is 9.09. The molecule has 1 aromatic rings. The Morgan fingerprint density at radius 3 is 2.61 bits per heavy atom. The molecule has 1 heterocycles. The summed E-state index contributed by atoms with van der Waals surface area (Å²) in [5.41, 5.74) is 1.07. The van der Waals surface area contributed by atoms with Crippen LogP contribution in [0.1, 0.15) is 42.3 Å². The zero-order valence-corrected chi connectivity index (χ0v) is 17.4. The molecule has 0 amide bonds. The molecule has 1 aromatic heterocycles. The number of nitrogens with one attached hydrogen (secondary N) is 2. The summed E-state index contributed by atoms with van der Waals surface area (Å²) in [6, 6.07) is 0. The van der Waals surface area contributed by atoms with Gasteiger partial charge in [0.15, 0.2) is 5.96 Å². The van der Waals surface area contributed by atoms with Gasteiger partial charge in [0.05, 0.1) is 18.8 Å². The number of aryl methyl sites for hydroxylation is 2. The molecule has 0 bridgehead atoms. The standard InChI is InChI=1S/C15H26N4O2S.HI/c1-5-16-15(17-9-7-8-14(20)21-6-2)18-10-13-19-11(3)12(4)22-13;/h5-10H2,1-4H3,(H2,16,17,18);1H. The van der Waals surface area contributed by atoms with Crippen LogP contribution in [0.3, 0.4) is 0 Å². The summed E-state index contributed by atoms with van der Waals surface area (Å²) in [6.07, 6.45) is 1.14. The molecule has 0 unspecified atom stereocenters. The highest BCUT2D eigenvalue weighted by Crippen LogP contribution is 2.16. The van der Waals surface area contributed by atoms with E-state index < -0.39 is 0 Å². The van der Waals surface area contributed by atoms with Crippen LogP contribution in [0.4, 0.5) is 0 Å². The topological polar surface area (TPSA) is 75.6 Å². The Hall–Kier alpha value is -0.900. The van der Waals surface area contributed by atoms with Crippen molar-refractivity contribution in [2.75, 3.05) is 19.7 Å². The van der Waals surface area contributed by atoms with Gasteiger partial charge in [-0.3, -0.25) is 4.79 Å². The van der Waals surface area contributed by atoms with Crippen LogP contribution in [0.5, 0.6) is 0 Å². The summed E-state index contributed by atoms with van der Waals surface area (Å²) in [5.74, 6) is 0.594. The number of thiazole rings is 1. The molecule has 132 valence electrons. The SMILES string of the molecule is CCNC(=NCc1nc(C)c(C)s1)NCCCC(=O)OCC.I. The largest absolute Gasteiger partial charge is 0.466 e.